The molecule has 2 saturated heterocycles. The zero-order valence-corrected chi connectivity index (χ0v) is 27.3. The van der Waals surface area contributed by atoms with Gasteiger partial charge in [0.1, 0.15) is 5.82 Å². The van der Waals surface area contributed by atoms with E-state index in [-0.39, 0.29) is 23.4 Å². The Hall–Kier alpha value is -4.69. The monoisotopic (exact) mass is 643 g/mol. The highest BCUT2D eigenvalue weighted by Crippen LogP contribution is 2.39. The summed E-state index contributed by atoms with van der Waals surface area (Å²) in [5, 5.41) is 0. The molecule has 1 atom stereocenters. The van der Waals surface area contributed by atoms with Crippen molar-refractivity contribution in [2.24, 2.45) is 11.3 Å². The molecule has 0 spiro atoms. The van der Waals surface area contributed by atoms with E-state index in [2.05, 4.69) is 22.0 Å². The molecule has 1 amide bonds. The highest BCUT2D eigenvalue weighted by Gasteiger charge is 2.44. The fourth-order valence-electron chi connectivity index (χ4n) is 7.63. The summed E-state index contributed by atoms with van der Waals surface area (Å²) in [6.07, 6.45) is 6.37. The topological polar surface area (TPSA) is 71.3 Å². The Kier molecular flexibility index (Phi) is 9.43. The van der Waals surface area contributed by atoms with Crippen LogP contribution in [0.4, 0.5) is 4.39 Å². The highest BCUT2D eigenvalue weighted by atomic mass is 19.1. The van der Waals surface area contributed by atoms with Crippen LogP contribution in [0.3, 0.4) is 0 Å². The van der Waals surface area contributed by atoms with Gasteiger partial charge < -0.3 is 14.4 Å². The van der Waals surface area contributed by atoms with Crippen LogP contribution >= 0.6 is 0 Å². The molecule has 0 aliphatic carbocycles. The fourth-order valence-corrected chi connectivity index (χ4v) is 7.63. The van der Waals surface area contributed by atoms with Gasteiger partial charge in [0.2, 0.25) is 11.7 Å². The van der Waals surface area contributed by atoms with E-state index in [0.29, 0.717) is 25.3 Å². The van der Waals surface area contributed by atoms with Crippen LogP contribution in [0.5, 0.6) is 0 Å². The van der Waals surface area contributed by atoms with Gasteiger partial charge in [0.15, 0.2) is 5.82 Å². The lowest BCUT2D eigenvalue weighted by Gasteiger charge is -2.43. The average Bonchev–Trinajstić information content (AvgIpc) is 3.49. The zero-order chi connectivity index (χ0) is 32.9. The van der Waals surface area contributed by atoms with Crippen molar-refractivity contribution in [3.8, 4) is 0 Å². The number of hydrogen-bond donors (Lipinski definition) is 0. The summed E-state index contributed by atoms with van der Waals surface area (Å²) in [5.41, 5.74) is 4.22. The molecule has 8 heteroatoms. The molecule has 2 aromatic heterocycles. The van der Waals surface area contributed by atoms with E-state index in [0.717, 1.165) is 86.1 Å². The van der Waals surface area contributed by atoms with Crippen molar-refractivity contribution in [1.82, 2.24) is 24.3 Å². The Bertz CT molecular complexity index is 1850. The van der Waals surface area contributed by atoms with Crippen LogP contribution in [0.15, 0.2) is 103 Å². The fraction of sp³-hybridized carbons (Fsp3) is 0.350. The molecule has 5 aromatic rings. The maximum Gasteiger partial charge on any atom is 0.229 e. The first-order valence-electron chi connectivity index (χ1n) is 17.2. The maximum atomic E-state index is 14.3. The molecule has 7 nitrogen and oxygen atoms in total. The summed E-state index contributed by atoms with van der Waals surface area (Å²) >= 11 is 0. The number of piperidine rings is 2. The third-order valence-electron chi connectivity index (χ3n) is 10.3. The van der Waals surface area contributed by atoms with Gasteiger partial charge in [-0.3, -0.25) is 14.6 Å². The highest BCUT2D eigenvalue weighted by molar-refractivity contribution is 5.98. The van der Waals surface area contributed by atoms with Gasteiger partial charge in [0.25, 0.3) is 0 Å². The lowest BCUT2D eigenvalue weighted by atomic mass is 9.71. The number of Topliss-reactive ketones (excluding diaryl/α,β-unsaturated/α-hetero) is 1. The second-order valence-electron chi connectivity index (χ2n) is 13.5. The number of aromatic nitrogens is 3. The molecule has 0 saturated carbocycles. The lowest BCUT2D eigenvalue weighted by Crippen LogP contribution is -2.51. The van der Waals surface area contributed by atoms with Crippen molar-refractivity contribution < 1.29 is 14.0 Å². The van der Waals surface area contributed by atoms with Crippen LogP contribution in [-0.4, -0.2) is 62.2 Å². The van der Waals surface area contributed by atoms with E-state index in [1.807, 2.05) is 82.3 Å². The number of halogens is 1. The van der Waals surface area contributed by atoms with Crippen LogP contribution in [0, 0.1) is 17.2 Å². The molecule has 246 valence electrons. The third kappa shape index (κ3) is 6.95. The summed E-state index contributed by atoms with van der Waals surface area (Å²) in [4.78, 5) is 42.0. The molecular formula is C40H42FN5O2. The number of benzene rings is 3. The van der Waals surface area contributed by atoms with Crippen LogP contribution in [-0.2, 0) is 24.3 Å². The molecule has 3 aromatic carbocycles. The quantitative estimate of drug-likeness (QED) is 0.146. The van der Waals surface area contributed by atoms with Crippen molar-refractivity contribution >= 4 is 22.7 Å². The number of carbonyl (C=O) groups is 2. The van der Waals surface area contributed by atoms with Crippen LogP contribution < -0.4 is 0 Å². The SMILES string of the molecule is O=C(c1nc2ccccc2n1Cc1ccccn1)C1CCN(CCC2(Cc3ccc(F)cc3)CCCN(Cc3ccccc3)C2=O)CC1. The third-order valence-corrected chi connectivity index (χ3v) is 10.3. The van der Waals surface area contributed by atoms with Crippen molar-refractivity contribution in [3.05, 3.63) is 132 Å². The van der Waals surface area contributed by atoms with E-state index in [9.17, 15) is 14.0 Å². The Morgan fingerprint density at radius 2 is 1.58 bits per heavy atom. The molecule has 0 N–H and O–H groups in total. The van der Waals surface area contributed by atoms with Gasteiger partial charge in [-0.2, -0.15) is 0 Å². The van der Waals surface area contributed by atoms with E-state index in [1.165, 1.54) is 12.1 Å². The molecule has 48 heavy (non-hydrogen) atoms. The Balaban J connectivity index is 1.04. The van der Waals surface area contributed by atoms with Gasteiger partial charge in [-0.05, 0) is 106 Å². The van der Waals surface area contributed by atoms with Gasteiger partial charge in [-0.15, -0.1) is 0 Å². The number of ketones is 1. The number of hydrogen-bond acceptors (Lipinski definition) is 5. The van der Waals surface area contributed by atoms with Crippen molar-refractivity contribution in [2.75, 3.05) is 26.2 Å². The molecule has 0 bridgehead atoms. The number of pyridine rings is 1. The first-order chi connectivity index (χ1) is 23.5. The first-order valence-corrected chi connectivity index (χ1v) is 17.2. The predicted octanol–water partition coefficient (Wildman–Crippen LogP) is 6.96. The van der Waals surface area contributed by atoms with Gasteiger partial charge in [-0.1, -0.05) is 60.7 Å². The Labute approximate surface area is 281 Å². The van der Waals surface area contributed by atoms with E-state index in [4.69, 9.17) is 4.98 Å². The molecule has 2 aliphatic rings. The second-order valence-corrected chi connectivity index (χ2v) is 13.5. The normalized spacial score (nSPS) is 19.2. The van der Waals surface area contributed by atoms with E-state index < -0.39 is 5.41 Å². The average molecular weight is 644 g/mol. The second kappa shape index (κ2) is 14.2. The van der Waals surface area contributed by atoms with Crippen LogP contribution in [0.1, 0.15) is 59.5 Å². The molecule has 7 rings (SSSR count). The number of rotatable bonds is 11. The summed E-state index contributed by atoms with van der Waals surface area (Å²) < 4.78 is 15.8. The largest absolute Gasteiger partial charge is 0.338 e. The number of likely N-dealkylation sites (tertiary alicyclic amines) is 2. The minimum Gasteiger partial charge on any atom is -0.338 e. The molecular weight excluding hydrogens is 601 g/mol. The lowest BCUT2D eigenvalue weighted by molar-refractivity contribution is -0.148. The van der Waals surface area contributed by atoms with Gasteiger partial charge in [0.05, 0.1) is 28.7 Å². The maximum absolute atomic E-state index is 14.3. The van der Waals surface area contributed by atoms with Crippen LogP contribution in [0.25, 0.3) is 11.0 Å². The van der Waals surface area contributed by atoms with Crippen molar-refractivity contribution in [1.29, 1.82) is 0 Å². The minimum absolute atomic E-state index is 0.0913. The molecule has 1 unspecified atom stereocenters. The van der Waals surface area contributed by atoms with Crippen molar-refractivity contribution in [3.63, 3.8) is 0 Å². The van der Waals surface area contributed by atoms with Gasteiger partial charge >= 0.3 is 0 Å². The summed E-state index contributed by atoms with van der Waals surface area (Å²) in [5.74, 6) is 0.418. The predicted molar refractivity (Wildman–Crippen MR) is 185 cm³/mol. The molecule has 0 radical (unpaired) electrons. The smallest absolute Gasteiger partial charge is 0.229 e. The van der Waals surface area contributed by atoms with Gasteiger partial charge in [-0.25, -0.2) is 9.37 Å². The number of amides is 1. The number of nitrogens with zero attached hydrogens (tertiary/aromatic N) is 5. The number of fused-ring (bicyclic) bond motifs is 1. The minimum atomic E-state index is -0.548. The molecule has 2 aliphatic heterocycles. The number of imidazole rings is 1. The van der Waals surface area contributed by atoms with E-state index >= 15 is 0 Å². The Morgan fingerprint density at radius 1 is 0.833 bits per heavy atom. The van der Waals surface area contributed by atoms with Gasteiger partial charge in [0, 0.05) is 25.2 Å². The first kappa shape index (κ1) is 31.9. The Morgan fingerprint density at radius 3 is 2.35 bits per heavy atom. The molecule has 4 heterocycles. The summed E-state index contributed by atoms with van der Waals surface area (Å²) in [6, 6.07) is 30.5. The van der Waals surface area contributed by atoms with Crippen LogP contribution in [0.2, 0.25) is 0 Å². The van der Waals surface area contributed by atoms with E-state index in [1.54, 1.807) is 6.20 Å². The summed E-state index contributed by atoms with van der Waals surface area (Å²) in [6.45, 7) is 4.22. The standard InChI is InChI=1S/C40H42FN5O2/c41-33-16-14-30(15-17-33)27-40(20-8-23-45(39(40)48)28-31-9-2-1-3-10-31)21-26-44-24-18-32(19-25-44)37(47)38-43-35-12-4-5-13-36(35)46(38)29-34-11-6-7-22-42-34/h1-7,9-17,22,32H,8,18-21,23-29H2. The summed E-state index contributed by atoms with van der Waals surface area (Å²) in [7, 11) is 0. The molecule has 2 fully saturated rings. The number of carbonyl (C=O) groups excluding carboxylic acids is 2. The van der Waals surface area contributed by atoms with Crippen molar-refractivity contribution in [2.45, 2.75) is 51.6 Å². The zero-order valence-electron chi connectivity index (χ0n) is 27.3. The number of para-hydroxylation sites is 2.